The lowest BCUT2D eigenvalue weighted by Crippen LogP contribution is -2.41. The van der Waals surface area contributed by atoms with Gasteiger partial charge in [-0.3, -0.25) is 0 Å². The first-order valence-electron chi connectivity index (χ1n) is 6.17. The van der Waals surface area contributed by atoms with E-state index in [0.717, 1.165) is 5.56 Å². The van der Waals surface area contributed by atoms with Crippen LogP contribution in [-0.2, 0) is 6.42 Å². The van der Waals surface area contributed by atoms with Gasteiger partial charge in [-0.1, -0.05) is 30.3 Å². The van der Waals surface area contributed by atoms with E-state index in [1.165, 1.54) is 0 Å². The average Bonchev–Trinajstić information content (AvgIpc) is 2.36. The van der Waals surface area contributed by atoms with Gasteiger partial charge in [0, 0.05) is 19.5 Å². The Morgan fingerprint density at radius 2 is 1.85 bits per heavy atom. The lowest BCUT2D eigenvalue weighted by Gasteiger charge is -2.13. The van der Waals surface area contributed by atoms with E-state index in [-0.39, 0.29) is 6.54 Å². The Labute approximate surface area is 115 Å². The Bertz CT molecular complexity index is 410. The fourth-order valence-electron chi connectivity index (χ4n) is 1.55. The minimum atomic E-state index is -4.29. The van der Waals surface area contributed by atoms with E-state index in [4.69, 9.17) is 0 Å². The van der Waals surface area contributed by atoms with Crippen LogP contribution >= 0.6 is 0 Å². The third kappa shape index (κ3) is 7.63. The molecule has 0 saturated heterocycles. The Morgan fingerprint density at radius 1 is 1.20 bits per heavy atom. The van der Waals surface area contributed by atoms with Crippen molar-refractivity contribution in [2.75, 3.05) is 13.1 Å². The summed E-state index contributed by atoms with van der Waals surface area (Å²) in [6.45, 7) is -0.503. The van der Waals surface area contributed by atoms with Crippen molar-refractivity contribution in [2.45, 2.75) is 25.1 Å². The molecule has 0 saturated carbocycles. The Hall–Kier alpha value is -1.76. The molecule has 0 heterocycles. The fraction of sp³-hybridized carbons (Fsp3) is 0.462. The Kier molecular flexibility index (Phi) is 6.30. The molecule has 0 fully saturated rings. The van der Waals surface area contributed by atoms with Crippen LogP contribution in [0.4, 0.5) is 18.0 Å². The lowest BCUT2D eigenvalue weighted by molar-refractivity contribution is -0.132. The van der Waals surface area contributed by atoms with Crippen molar-refractivity contribution in [3.8, 4) is 0 Å². The zero-order valence-corrected chi connectivity index (χ0v) is 10.8. The number of nitrogens with one attached hydrogen (secondary N) is 2. The number of aliphatic hydroxyl groups is 1. The summed E-state index contributed by atoms with van der Waals surface area (Å²) in [4.78, 5) is 11.2. The molecule has 1 aromatic rings. The van der Waals surface area contributed by atoms with E-state index in [1.807, 2.05) is 30.3 Å². The highest BCUT2D eigenvalue weighted by atomic mass is 19.4. The van der Waals surface area contributed by atoms with Gasteiger partial charge in [0.05, 0.1) is 12.5 Å². The van der Waals surface area contributed by atoms with Gasteiger partial charge in [-0.25, -0.2) is 4.79 Å². The van der Waals surface area contributed by atoms with Crippen LogP contribution in [0.5, 0.6) is 0 Å². The van der Waals surface area contributed by atoms with E-state index in [2.05, 4.69) is 10.6 Å². The predicted molar refractivity (Wildman–Crippen MR) is 68.2 cm³/mol. The molecule has 0 spiro atoms. The summed E-state index contributed by atoms with van der Waals surface area (Å²) in [5.41, 5.74) is 0.916. The summed E-state index contributed by atoms with van der Waals surface area (Å²) in [6.07, 6.45) is -5.79. The zero-order chi connectivity index (χ0) is 15.0. The lowest BCUT2D eigenvalue weighted by atomic mass is 10.1. The highest BCUT2D eigenvalue weighted by Gasteiger charge is 2.26. The monoisotopic (exact) mass is 290 g/mol. The molecule has 0 aromatic heterocycles. The van der Waals surface area contributed by atoms with Crippen LogP contribution in [-0.4, -0.2) is 36.5 Å². The van der Waals surface area contributed by atoms with Crippen LogP contribution in [0.3, 0.4) is 0 Å². The van der Waals surface area contributed by atoms with Crippen LogP contribution in [0.25, 0.3) is 0 Å². The minimum Gasteiger partial charge on any atom is -0.391 e. The summed E-state index contributed by atoms with van der Waals surface area (Å²) in [7, 11) is 0. The van der Waals surface area contributed by atoms with E-state index in [1.54, 1.807) is 0 Å². The molecule has 4 nitrogen and oxygen atoms in total. The molecule has 112 valence electrons. The van der Waals surface area contributed by atoms with E-state index in [9.17, 15) is 23.1 Å². The number of carbonyl (C=O) groups excluding carboxylic acids is 1. The molecule has 7 heteroatoms. The summed E-state index contributed by atoms with van der Waals surface area (Å²) in [5, 5.41) is 14.1. The average molecular weight is 290 g/mol. The van der Waals surface area contributed by atoms with Crippen molar-refractivity contribution < 1.29 is 23.1 Å². The number of benzene rings is 1. The number of aliphatic hydroxyl groups excluding tert-OH is 1. The summed E-state index contributed by atoms with van der Waals surface area (Å²) in [5.74, 6) is 0. The van der Waals surface area contributed by atoms with Crippen LogP contribution < -0.4 is 10.6 Å². The van der Waals surface area contributed by atoms with E-state index in [0.29, 0.717) is 6.42 Å². The van der Waals surface area contributed by atoms with Crippen molar-refractivity contribution >= 4 is 6.03 Å². The zero-order valence-electron chi connectivity index (χ0n) is 10.8. The van der Waals surface area contributed by atoms with Gasteiger partial charge in [0.25, 0.3) is 0 Å². The van der Waals surface area contributed by atoms with Crippen LogP contribution in [0.15, 0.2) is 30.3 Å². The molecule has 1 atom stereocenters. The number of urea groups is 1. The smallest absolute Gasteiger partial charge is 0.390 e. The van der Waals surface area contributed by atoms with Crippen molar-refractivity contribution in [1.29, 1.82) is 0 Å². The first-order chi connectivity index (χ1) is 9.37. The Morgan fingerprint density at radius 3 is 2.45 bits per heavy atom. The van der Waals surface area contributed by atoms with Gasteiger partial charge < -0.3 is 15.7 Å². The van der Waals surface area contributed by atoms with Crippen molar-refractivity contribution in [3.05, 3.63) is 35.9 Å². The molecule has 1 rings (SSSR count). The number of hydrogen-bond donors (Lipinski definition) is 3. The van der Waals surface area contributed by atoms with Gasteiger partial charge in [0.15, 0.2) is 0 Å². The largest absolute Gasteiger partial charge is 0.391 e. The van der Waals surface area contributed by atoms with Gasteiger partial charge in [-0.15, -0.1) is 0 Å². The molecule has 2 amide bonds. The fourth-order valence-corrected chi connectivity index (χ4v) is 1.55. The molecular weight excluding hydrogens is 273 g/mol. The predicted octanol–water partition coefficient (Wildman–Crippen LogP) is 1.84. The molecule has 0 aliphatic rings. The second-order valence-corrected chi connectivity index (χ2v) is 4.35. The van der Waals surface area contributed by atoms with E-state index < -0.39 is 31.3 Å². The summed E-state index contributed by atoms with van der Waals surface area (Å²) in [6, 6.07) is 8.47. The number of hydrogen-bond acceptors (Lipinski definition) is 2. The Balaban J connectivity index is 2.17. The number of halogens is 3. The highest BCUT2D eigenvalue weighted by Crippen LogP contribution is 2.17. The second kappa shape index (κ2) is 7.74. The maximum Gasteiger partial charge on any atom is 0.390 e. The topological polar surface area (TPSA) is 61.4 Å². The third-order valence-corrected chi connectivity index (χ3v) is 2.51. The molecule has 0 bridgehead atoms. The summed E-state index contributed by atoms with van der Waals surface area (Å²) < 4.78 is 35.6. The second-order valence-electron chi connectivity index (χ2n) is 4.35. The van der Waals surface area contributed by atoms with Gasteiger partial charge in [-0.05, 0) is 5.56 Å². The van der Waals surface area contributed by atoms with Crippen molar-refractivity contribution in [2.24, 2.45) is 0 Å². The number of amides is 2. The molecule has 1 aromatic carbocycles. The van der Waals surface area contributed by atoms with Gasteiger partial charge >= 0.3 is 12.2 Å². The maximum atomic E-state index is 11.9. The SMILES string of the molecule is O=C(NCCC(F)(F)F)NCC(O)Cc1ccccc1. The molecule has 3 N–H and O–H groups in total. The summed E-state index contributed by atoms with van der Waals surface area (Å²) >= 11 is 0. The minimum absolute atomic E-state index is 0.0211. The number of carbonyl (C=O) groups is 1. The van der Waals surface area contributed by atoms with Crippen molar-refractivity contribution in [3.63, 3.8) is 0 Å². The number of alkyl halides is 3. The number of rotatable bonds is 6. The standard InChI is InChI=1S/C13H17F3N2O2/c14-13(15,16)6-7-17-12(20)18-9-11(19)8-10-4-2-1-3-5-10/h1-5,11,19H,6-9H2,(H2,17,18,20). The van der Waals surface area contributed by atoms with Crippen LogP contribution in [0.1, 0.15) is 12.0 Å². The van der Waals surface area contributed by atoms with Crippen LogP contribution in [0.2, 0.25) is 0 Å². The highest BCUT2D eigenvalue weighted by molar-refractivity contribution is 5.73. The van der Waals surface area contributed by atoms with Crippen molar-refractivity contribution in [1.82, 2.24) is 10.6 Å². The van der Waals surface area contributed by atoms with Gasteiger partial charge in [0.1, 0.15) is 0 Å². The molecule has 20 heavy (non-hydrogen) atoms. The first kappa shape index (κ1) is 16.3. The van der Waals surface area contributed by atoms with E-state index >= 15 is 0 Å². The first-order valence-corrected chi connectivity index (χ1v) is 6.17. The molecular formula is C13H17F3N2O2. The quantitative estimate of drug-likeness (QED) is 0.748. The molecule has 1 unspecified atom stereocenters. The maximum absolute atomic E-state index is 11.9. The normalized spacial score (nSPS) is 12.8. The molecule has 0 aliphatic heterocycles. The van der Waals surface area contributed by atoms with Gasteiger partial charge in [0.2, 0.25) is 0 Å². The third-order valence-electron chi connectivity index (χ3n) is 2.51. The van der Waals surface area contributed by atoms with Gasteiger partial charge in [-0.2, -0.15) is 13.2 Å². The van der Waals surface area contributed by atoms with Crippen LogP contribution in [0, 0.1) is 0 Å². The molecule has 0 aliphatic carbocycles. The molecule has 0 radical (unpaired) electrons.